The van der Waals surface area contributed by atoms with Gasteiger partial charge in [0.15, 0.2) is 11.5 Å². The Bertz CT molecular complexity index is 353. The van der Waals surface area contributed by atoms with Gasteiger partial charge in [0, 0.05) is 12.6 Å². The van der Waals surface area contributed by atoms with E-state index >= 15 is 0 Å². The van der Waals surface area contributed by atoms with Gasteiger partial charge in [-0.25, -0.2) is 0 Å². The van der Waals surface area contributed by atoms with Crippen molar-refractivity contribution in [1.82, 2.24) is 5.32 Å². The van der Waals surface area contributed by atoms with Crippen LogP contribution in [0.1, 0.15) is 36.9 Å². The van der Waals surface area contributed by atoms with Gasteiger partial charge in [0.1, 0.15) is 0 Å². The predicted molar refractivity (Wildman–Crippen MR) is 64.4 cm³/mol. The minimum Gasteiger partial charge on any atom is -0.493 e. The Kier molecular flexibility index (Phi) is 3.06. The van der Waals surface area contributed by atoms with Gasteiger partial charge in [-0.15, -0.1) is 0 Å². The highest BCUT2D eigenvalue weighted by molar-refractivity contribution is 5.50. The third-order valence-electron chi connectivity index (χ3n) is 3.32. The number of nitrogens with one attached hydrogen (secondary N) is 1. The molecule has 1 aromatic rings. The van der Waals surface area contributed by atoms with Crippen molar-refractivity contribution in [3.8, 4) is 11.5 Å². The quantitative estimate of drug-likeness (QED) is 0.832. The first-order chi connectivity index (χ1) is 7.67. The van der Waals surface area contributed by atoms with Gasteiger partial charge in [0.25, 0.3) is 0 Å². The summed E-state index contributed by atoms with van der Waals surface area (Å²) >= 11 is 0. The van der Waals surface area contributed by atoms with Crippen molar-refractivity contribution in [3.05, 3.63) is 23.3 Å². The molecule has 0 fully saturated rings. The topological polar surface area (TPSA) is 30.5 Å². The molecule has 1 heterocycles. The number of hydrogen-bond acceptors (Lipinski definition) is 3. The lowest BCUT2D eigenvalue weighted by molar-refractivity contribution is 0.351. The van der Waals surface area contributed by atoms with Crippen LogP contribution in [0, 0.1) is 0 Å². The lowest BCUT2D eigenvalue weighted by Gasteiger charge is -2.29. The zero-order valence-electron chi connectivity index (χ0n) is 10.3. The number of fused-ring (bicyclic) bond motifs is 1. The van der Waals surface area contributed by atoms with Gasteiger partial charge >= 0.3 is 0 Å². The maximum Gasteiger partial charge on any atom is 0.161 e. The Morgan fingerprint density at radius 3 is 2.19 bits per heavy atom. The molecule has 1 aromatic carbocycles. The zero-order valence-corrected chi connectivity index (χ0v) is 10.3. The minimum absolute atomic E-state index is 0.381. The molecule has 0 aromatic heterocycles. The van der Waals surface area contributed by atoms with Gasteiger partial charge in [0.05, 0.1) is 14.2 Å². The van der Waals surface area contributed by atoms with E-state index in [1.54, 1.807) is 14.2 Å². The van der Waals surface area contributed by atoms with Gasteiger partial charge < -0.3 is 14.8 Å². The van der Waals surface area contributed by atoms with Crippen molar-refractivity contribution in [2.45, 2.75) is 25.8 Å². The van der Waals surface area contributed by atoms with Crippen molar-refractivity contribution in [1.29, 1.82) is 0 Å². The van der Waals surface area contributed by atoms with Crippen LogP contribution in [-0.4, -0.2) is 20.8 Å². The largest absolute Gasteiger partial charge is 0.493 e. The van der Waals surface area contributed by atoms with Crippen LogP contribution >= 0.6 is 0 Å². The molecule has 16 heavy (non-hydrogen) atoms. The van der Waals surface area contributed by atoms with Gasteiger partial charge in [-0.3, -0.25) is 0 Å². The second-order valence-corrected chi connectivity index (χ2v) is 4.37. The molecule has 0 saturated carbocycles. The second-order valence-electron chi connectivity index (χ2n) is 4.37. The summed E-state index contributed by atoms with van der Waals surface area (Å²) in [5.41, 5.74) is 2.68. The molecule has 0 radical (unpaired) electrons. The third-order valence-corrected chi connectivity index (χ3v) is 3.32. The number of rotatable bonds is 2. The molecule has 88 valence electrons. The van der Waals surface area contributed by atoms with Gasteiger partial charge in [-0.05, 0) is 36.1 Å². The maximum atomic E-state index is 5.34. The van der Waals surface area contributed by atoms with Crippen molar-refractivity contribution < 1.29 is 9.47 Å². The fourth-order valence-electron chi connectivity index (χ4n) is 2.29. The zero-order chi connectivity index (χ0) is 11.7. The van der Waals surface area contributed by atoms with Crippen molar-refractivity contribution >= 4 is 0 Å². The van der Waals surface area contributed by atoms with Crippen LogP contribution in [0.2, 0.25) is 0 Å². The van der Waals surface area contributed by atoms with E-state index in [2.05, 4.69) is 31.3 Å². The molecule has 0 bridgehead atoms. The molecule has 3 heteroatoms. The first kappa shape index (κ1) is 11.3. The van der Waals surface area contributed by atoms with Gasteiger partial charge in [-0.2, -0.15) is 0 Å². The summed E-state index contributed by atoms with van der Waals surface area (Å²) in [5, 5.41) is 3.48. The molecule has 1 aliphatic heterocycles. The molecule has 1 aliphatic rings. The van der Waals surface area contributed by atoms with Crippen LogP contribution < -0.4 is 14.8 Å². The third kappa shape index (κ3) is 1.76. The van der Waals surface area contributed by atoms with Crippen molar-refractivity contribution in [2.24, 2.45) is 0 Å². The lowest BCUT2D eigenvalue weighted by Crippen LogP contribution is -2.30. The summed E-state index contributed by atoms with van der Waals surface area (Å²) in [4.78, 5) is 0. The number of methoxy groups -OCH3 is 2. The van der Waals surface area contributed by atoms with Crippen LogP contribution in [0.25, 0.3) is 0 Å². The Hall–Kier alpha value is -1.22. The van der Waals surface area contributed by atoms with Gasteiger partial charge in [0.2, 0.25) is 0 Å². The fraction of sp³-hybridized carbons (Fsp3) is 0.538. The van der Waals surface area contributed by atoms with Crippen LogP contribution in [0.4, 0.5) is 0 Å². The summed E-state index contributed by atoms with van der Waals surface area (Å²) < 4.78 is 10.7. The monoisotopic (exact) mass is 221 g/mol. The molecule has 0 spiro atoms. The lowest BCUT2D eigenvalue weighted by atomic mass is 9.88. The van der Waals surface area contributed by atoms with E-state index in [1.165, 1.54) is 11.1 Å². The van der Waals surface area contributed by atoms with Crippen LogP contribution in [-0.2, 0) is 0 Å². The predicted octanol–water partition coefficient (Wildman–Crippen LogP) is 2.47. The normalized spacial score (nSPS) is 23.8. The van der Waals surface area contributed by atoms with E-state index in [0.717, 1.165) is 18.0 Å². The second kappa shape index (κ2) is 4.34. The van der Waals surface area contributed by atoms with E-state index < -0.39 is 0 Å². The number of hydrogen-bond donors (Lipinski definition) is 1. The molecule has 1 N–H and O–H groups in total. The Balaban J connectivity index is 2.53. The van der Waals surface area contributed by atoms with Crippen molar-refractivity contribution in [2.75, 3.05) is 20.8 Å². The average molecular weight is 221 g/mol. The first-order valence-corrected chi connectivity index (χ1v) is 5.66. The minimum atomic E-state index is 0.381. The Morgan fingerprint density at radius 2 is 1.62 bits per heavy atom. The highest BCUT2D eigenvalue weighted by Gasteiger charge is 2.23. The maximum absolute atomic E-state index is 5.34. The first-order valence-electron chi connectivity index (χ1n) is 5.66. The van der Waals surface area contributed by atoms with Crippen molar-refractivity contribution in [3.63, 3.8) is 0 Å². The van der Waals surface area contributed by atoms with Crippen LogP contribution in [0.15, 0.2) is 12.1 Å². The van der Waals surface area contributed by atoms with E-state index in [-0.39, 0.29) is 0 Å². The molecule has 0 aliphatic carbocycles. The number of benzene rings is 1. The number of ether oxygens (including phenoxy) is 2. The molecule has 2 rings (SSSR count). The highest BCUT2D eigenvalue weighted by atomic mass is 16.5. The molecule has 2 atom stereocenters. The smallest absolute Gasteiger partial charge is 0.161 e. The molecular formula is C13H19NO2. The van der Waals surface area contributed by atoms with E-state index in [0.29, 0.717) is 12.0 Å². The Morgan fingerprint density at radius 1 is 1.06 bits per heavy atom. The fourth-order valence-corrected chi connectivity index (χ4v) is 2.29. The summed E-state index contributed by atoms with van der Waals surface area (Å²) in [5.74, 6) is 2.15. The Labute approximate surface area is 96.8 Å². The standard InChI is InChI=1S/C13H19NO2/c1-8-7-14-9(2)11-6-13(16-4)12(15-3)5-10(8)11/h5-6,8-9,14H,7H2,1-4H3. The molecular weight excluding hydrogens is 202 g/mol. The van der Waals surface area contributed by atoms with Crippen LogP contribution in [0.3, 0.4) is 0 Å². The molecule has 0 saturated heterocycles. The van der Waals surface area contributed by atoms with Gasteiger partial charge in [-0.1, -0.05) is 6.92 Å². The molecule has 0 amide bonds. The van der Waals surface area contributed by atoms with Crippen LogP contribution in [0.5, 0.6) is 11.5 Å². The molecule has 2 unspecified atom stereocenters. The van der Waals surface area contributed by atoms with E-state index in [9.17, 15) is 0 Å². The summed E-state index contributed by atoms with van der Waals surface area (Å²) in [6.07, 6.45) is 0. The summed E-state index contributed by atoms with van der Waals surface area (Å²) in [6.45, 7) is 5.42. The highest BCUT2D eigenvalue weighted by Crippen LogP contribution is 2.38. The summed E-state index contributed by atoms with van der Waals surface area (Å²) in [6, 6.07) is 4.57. The van der Waals surface area contributed by atoms with E-state index in [1.807, 2.05) is 0 Å². The van der Waals surface area contributed by atoms with E-state index in [4.69, 9.17) is 9.47 Å². The summed E-state index contributed by atoms with van der Waals surface area (Å²) in [7, 11) is 3.36. The SMILES string of the molecule is COc1cc2c(cc1OC)C(C)NCC2C. The average Bonchev–Trinajstić information content (AvgIpc) is 2.32. The molecule has 3 nitrogen and oxygen atoms in total.